The van der Waals surface area contributed by atoms with Crippen molar-refractivity contribution in [1.29, 1.82) is 0 Å². The Morgan fingerprint density at radius 3 is 2.76 bits per heavy atom. The van der Waals surface area contributed by atoms with Crippen LogP contribution >= 0.6 is 0 Å². The van der Waals surface area contributed by atoms with Gasteiger partial charge in [0.25, 0.3) is 0 Å². The van der Waals surface area contributed by atoms with Crippen LogP contribution in [0.5, 0.6) is 5.75 Å². The number of phenolic OH excluding ortho intramolecular Hbond substituents is 1. The van der Waals surface area contributed by atoms with Gasteiger partial charge < -0.3 is 15.0 Å². The number of benzene rings is 1. The lowest BCUT2D eigenvalue weighted by molar-refractivity contribution is -0.118. The number of nitrogens with zero attached hydrogens (tertiary/aromatic N) is 5. The maximum Gasteiger partial charge on any atom is 0.242 e. The molecule has 29 heavy (non-hydrogen) atoms. The molecule has 4 heterocycles. The summed E-state index contributed by atoms with van der Waals surface area (Å²) in [6.45, 7) is 1.70. The van der Waals surface area contributed by atoms with Gasteiger partial charge in [0, 0.05) is 24.8 Å². The summed E-state index contributed by atoms with van der Waals surface area (Å²) in [7, 11) is 0. The van der Waals surface area contributed by atoms with E-state index >= 15 is 0 Å². The molecular weight excluding hydrogens is 368 g/mol. The molecule has 144 valence electrons. The molecule has 0 unspecified atom stereocenters. The molecular formula is C21H18N6O2. The number of aromatic hydroxyl groups is 1. The SMILES string of the molecule is O=C1CNCCN1c1ccc(-n2ccc3nnc(-c4ccccc4O)cc32)cn1. The summed E-state index contributed by atoms with van der Waals surface area (Å²) in [5.74, 6) is 0.822. The third-order valence-corrected chi connectivity index (χ3v) is 5.00. The predicted octanol–water partition coefficient (Wildman–Crippen LogP) is 2.12. The maximum atomic E-state index is 12.1. The molecule has 1 saturated heterocycles. The van der Waals surface area contributed by atoms with E-state index in [1.54, 1.807) is 29.3 Å². The van der Waals surface area contributed by atoms with Crippen molar-refractivity contribution < 1.29 is 9.90 Å². The summed E-state index contributed by atoms with van der Waals surface area (Å²) in [6, 6.07) is 14.6. The van der Waals surface area contributed by atoms with Crippen LogP contribution in [0.15, 0.2) is 60.9 Å². The number of phenols is 1. The molecule has 8 nitrogen and oxygen atoms in total. The standard InChI is InChI=1S/C21H18N6O2/c28-19-4-2-1-3-15(19)17-11-18-16(24-25-17)7-9-26(18)14-5-6-20(23-12-14)27-10-8-22-13-21(27)29/h1-7,9,11-12,22,28H,8,10,13H2. The van der Waals surface area contributed by atoms with E-state index in [1.807, 2.05) is 41.1 Å². The quantitative estimate of drug-likeness (QED) is 0.560. The molecule has 0 bridgehead atoms. The predicted molar refractivity (Wildman–Crippen MR) is 109 cm³/mol. The number of nitrogens with one attached hydrogen (secondary N) is 1. The number of aromatic nitrogens is 4. The average Bonchev–Trinajstić information content (AvgIpc) is 3.18. The summed E-state index contributed by atoms with van der Waals surface area (Å²) in [5.41, 5.74) is 3.66. The number of carbonyl (C=O) groups is 1. The van der Waals surface area contributed by atoms with Crippen LogP contribution in [0.2, 0.25) is 0 Å². The lowest BCUT2D eigenvalue weighted by Crippen LogP contribution is -2.48. The van der Waals surface area contributed by atoms with Crippen LogP contribution in [0.25, 0.3) is 28.0 Å². The molecule has 4 aromatic rings. The van der Waals surface area contributed by atoms with Crippen LogP contribution in [-0.2, 0) is 4.79 Å². The maximum absolute atomic E-state index is 12.1. The largest absolute Gasteiger partial charge is 0.507 e. The van der Waals surface area contributed by atoms with Gasteiger partial charge in [-0.2, -0.15) is 0 Å². The number of anilines is 1. The van der Waals surface area contributed by atoms with E-state index in [-0.39, 0.29) is 11.7 Å². The zero-order valence-electron chi connectivity index (χ0n) is 15.5. The molecule has 8 heteroatoms. The van der Waals surface area contributed by atoms with Crippen molar-refractivity contribution in [3.05, 3.63) is 60.9 Å². The fourth-order valence-electron chi connectivity index (χ4n) is 3.50. The lowest BCUT2D eigenvalue weighted by Gasteiger charge is -2.26. The zero-order chi connectivity index (χ0) is 19.8. The molecule has 0 atom stereocenters. The highest BCUT2D eigenvalue weighted by molar-refractivity contribution is 5.94. The fraction of sp³-hybridized carbons (Fsp3) is 0.143. The number of carbonyl (C=O) groups excluding carboxylic acids is 1. The number of hydrogen-bond donors (Lipinski definition) is 2. The Morgan fingerprint density at radius 2 is 1.97 bits per heavy atom. The number of para-hydroxylation sites is 1. The minimum absolute atomic E-state index is 0.0190. The van der Waals surface area contributed by atoms with Gasteiger partial charge in [-0.05, 0) is 36.4 Å². The molecule has 0 spiro atoms. The molecule has 1 aliphatic heterocycles. The van der Waals surface area contributed by atoms with E-state index in [1.165, 1.54) is 0 Å². The molecule has 1 amide bonds. The molecule has 2 N–H and O–H groups in total. The van der Waals surface area contributed by atoms with E-state index < -0.39 is 0 Å². The lowest BCUT2D eigenvalue weighted by atomic mass is 10.1. The molecule has 0 aliphatic carbocycles. The highest BCUT2D eigenvalue weighted by atomic mass is 16.3. The van der Waals surface area contributed by atoms with Crippen molar-refractivity contribution in [2.45, 2.75) is 0 Å². The van der Waals surface area contributed by atoms with Crippen molar-refractivity contribution >= 4 is 22.8 Å². The Morgan fingerprint density at radius 1 is 1.07 bits per heavy atom. The molecule has 5 rings (SSSR count). The summed E-state index contributed by atoms with van der Waals surface area (Å²) < 4.78 is 1.96. The number of pyridine rings is 1. The topological polar surface area (TPSA) is 96.2 Å². The Kier molecular flexibility index (Phi) is 4.18. The highest BCUT2D eigenvalue weighted by Crippen LogP contribution is 2.29. The first kappa shape index (κ1) is 17.3. The van der Waals surface area contributed by atoms with Crippen molar-refractivity contribution in [2.75, 3.05) is 24.5 Å². The monoisotopic (exact) mass is 386 g/mol. The summed E-state index contributed by atoms with van der Waals surface area (Å²) in [5, 5.41) is 21.7. The number of hydrogen-bond acceptors (Lipinski definition) is 6. The Hall–Kier alpha value is -3.78. The Bertz CT molecular complexity index is 1200. The molecule has 1 fully saturated rings. The van der Waals surface area contributed by atoms with Crippen molar-refractivity contribution in [1.82, 2.24) is 25.1 Å². The first-order valence-electron chi connectivity index (χ1n) is 9.31. The van der Waals surface area contributed by atoms with Gasteiger partial charge in [0.15, 0.2) is 0 Å². The third-order valence-electron chi connectivity index (χ3n) is 5.00. The third kappa shape index (κ3) is 3.09. The van der Waals surface area contributed by atoms with Crippen molar-refractivity contribution in [3.63, 3.8) is 0 Å². The van der Waals surface area contributed by atoms with Crippen LogP contribution in [-0.4, -0.2) is 50.4 Å². The number of fused-ring (bicyclic) bond motifs is 1. The fourth-order valence-corrected chi connectivity index (χ4v) is 3.50. The van der Waals surface area contributed by atoms with E-state index in [0.717, 1.165) is 23.3 Å². The molecule has 1 aromatic carbocycles. The van der Waals surface area contributed by atoms with E-state index in [0.29, 0.717) is 30.2 Å². The highest BCUT2D eigenvalue weighted by Gasteiger charge is 2.20. The normalized spacial score (nSPS) is 14.5. The second-order valence-electron chi connectivity index (χ2n) is 6.80. The molecule has 0 saturated carbocycles. The number of piperazine rings is 1. The van der Waals surface area contributed by atoms with Crippen molar-refractivity contribution in [3.8, 4) is 22.7 Å². The Labute approximate surface area is 166 Å². The van der Waals surface area contributed by atoms with E-state index in [4.69, 9.17) is 0 Å². The van der Waals surface area contributed by atoms with Gasteiger partial charge in [0.1, 0.15) is 17.1 Å². The van der Waals surface area contributed by atoms with Crippen LogP contribution in [0.3, 0.4) is 0 Å². The molecule has 0 radical (unpaired) electrons. The number of amides is 1. The van der Waals surface area contributed by atoms with Gasteiger partial charge in [-0.15, -0.1) is 10.2 Å². The number of rotatable bonds is 3. The first-order chi connectivity index (χ1) is 14.2. The van der Waals surface area contributed by atoms with Gasteiger partial charge >= 0.3 is 0 Å². The summed E-state index contributed by atoms with van der Waals surface area (Å²) >= 11 is 0. The first-order valence-corrected chi connectivity index (χ1v) is 9.31. The van der Waals surface area contributed by atoms with Crippen LogP contribution < -0.4 is 10.2 Å². The van der Waals surface area contributed by atoms with Crippen LogP contribution in [0.4, 0.5) is 5.82 Å². The molecule has 3 aromatic heterocycles. The van der Waals surface area contributed by atoms with E-state index in [9.17, 15) is 9.90 Å². The second-order valence-corrected chi connectivity index (χ2v) is 6.80. The van der Waals surface area contributed by atoms with Crippen LogP contribution in [0, 0.1) is 0 Å². The minimum atomic E-state index is 0.0190. The van der Waals surface area contributed by atoms with Gasteiger partial charge in [-0.3, -0.25) is 9.69 Å². The van der Waals surface area contributed by atoms with Gasteiger partial charge in [-0.1, -0.05) is 12.1 Å². The average molecular weight is 386 g/mol. The summed E-state index contributed by atoms with van der Waals surface area (Å²) in [6.07, 6.45) is 3.64. The Balaban J connectivity index is 1.52. The zero-order valence-corrected chi connectivity index (χ0v) is 15.5. The smallest absolute Gasteiger partial charge is 0.242 e. The summed E-state index contributed by atoms with van der Waals surface area (Å²) in [4.78, 5) is 18.2. The second kappa shape index (κ2) is 6.99. The van der Waals surface area contributed by atoms with Crippen LogP contribution in [0.1, 0.15) is 0 Å². The minimum Gasteiger partial charge on any atom is -0.507 e. The van der Waals surface area contributed by atoms with E-state index in [2.05, 4.69) is 20.5 Å². The van der Waals surface area contributed by atoms with Crippen molar-refractivity contribution in [2.24, 2.45) is 0 Å². The van der Waals surface area contributed by atoms with Gasteiger partial charge in [0.2, 0.25) is 5.91 Å². The van der Waals surface area contributed by atoms with Gasteiger partial charge in [0.05, 0.1) is 29.6 Å². The molecule has 1 aliphatic rings. The van der Waals surface area contributed by atoms with Gasteiger partial charge in [-0.25, -0.2) is 4.98 Å².